The molecule has 15 heavy (non-hydrogen) atoms. The van der Waals surface area contributed by atoms with E-state index in [2.05, 4.69) is 4.74 Å². The predicted molar refractivity (Wildman–Crippen MR) is 53.7 cm³/mol. The largest absolute Gasteiger partial charge is 0.465 e. The highest BCUT2D eigenvalue weighted by molar-refractivity contribution is 5.93. The van der Waals surface area contributed by atoms with Crippen LogP contribution in [0.4, 0.5) is 0 Å². The summed E-state index contributed by atoms with van der Waals surface area (Å²) in [5, 5.41) is 0. The molecule has 0 N–H and O–H groups in total. The highest BCUT2D eigenvalue weighted by atomic mass is 16.5. The standard InChI is InChI=1S/C11H12O4/c1-3-15-11(13)9-6-4-8(5-7-9)10(12)14-2/h4-7H,3H2,1-2H3. The molecular formula is C11H12O4. The molecule has 0 atom stereocenters. The molecule has 0 spiro atoms. The lowest BCUT2D eigenvalue weighted by Gasteiger charge is -2.02. The van der Waals surface area contributed by atoms with E-state index in [0.29, 0.717) is 17.7 Å². The van der Waals surface area contributed by atoms with Crippen LogP contribution in [0.25, 0.3) is 0 Å². The summed E-state index contributed by atoms with van der Waals surface area (Å²) >= 11 is 0. The Bertz CT molecular complexity index is 353. The van der Waals surface area contributed by atoms with Gasteiger partial charge in [-0.1, -0.05) is 0 Å². The number of ether oxygens (including phenoxy) is 2. The summed E-state index contributed by atoms with van der Waals surface area (Å²) in [6.45, 7) is 2.07. The monoisotopic (exact) mass is 208 g/mol. The summed E-state index contributed by atoms with van der Waals surface area (Å²) < 4.78 is 9.33. The molecule has 0 saturated heterocycles. The molecule has 0 bridgehead atoms. The normalized spacial score (nSPS) is 9.47. The van der Waals surface area contributed by atoms with Gasteiger partial charge in [0.25, 0.3) is 0 Å². The summed E-state index contributed by atoms with van der Waals surface area (Å²) in [4.78, 5) is 22.3. The minimum absolute atomic E-state index is 0.331. The summed E-state index contributed by atoms with van der Waals surface area (Å²) in [7, 11) is 1.31. The average Bonchev–Trinajstić information content (AvgIpc) is 2.28. The first-order chi connectivity index (χ1) is 7.19. The van der Waals surface area contributed by atoms with Crippen LogP contribution in [-0.2, 0) is 9.47 Å². The third-order valence-corrected chi connectivity index (χ3v) is 1.82. The number of esters is 2. The van der Waals surface area contributed by atoms with Crippen molar-refractivity contribution < 1.29 is 19.1 Å². The molecule has 0 unspecified atom stereocenters. The van der Waals surface area contributed by atoms with E-state index in [0.717, 1.165) is 0 Å². The number of benzene rings is 1. The second-order valence-corrected chi connectivity index (χ2v) is 2.79. The van der Waals surface area contributed by atoms with E-state index >= 15 is 0 Å². The topological polar surface area (TPSA) is 52.6 Å². The van der Waals surface area contributed by atoms with Crippen LogP contribution < -0.4 is 0 Å². The predicted octanol–water partition coefficient (Wildman–Crippen LogP) is 1.65. The van der Waals surface area contributed by atoms with Gasteiger partial charge in [-0.15, -0.1) is 0 Å². The molecule has 0 fully saturated rings. The first-order valence-corrected chi connectivity index (χ1v) is 4.54. The maximum Gasteiger partial charge on any atom is 0.338 e. The zero-order valence-electron chi connectivity index (χ0n) is 8.65. The summed E-state index contributed by atoms with van der Waals surface area (Å²) in [6, 6.07) is 6.12. The fourth-order valence-electron chi connectivity index (χ4n) is 1.07. The molecule has 0 aliphatic heterocycles. The van der Waals surface area contributed by atoms with E-state index in [-0.39, 0.29) is 0 Å². The van der Waals surface area contributed by atoms with Gasteiger partial charge in [-0.3, -0.25) is 0 Å². The van der Waals surface area contributed by atoms with Crippen LogP contribution in [0.5, 0.6) is 0 Å². The number of hydrogen-bond acceptors (Lipinski definition) is 4. The minimum atomic E-state index is -0.426. The van der Waals surface area contributed by atoms with Crippen LogP contribution in [0.2, 0.25) is 0 Å². The Labute approximate surface area is 87.8 Å². The Morgan fingerprint density at radius 2 is 1.53 bits per heavy atom. The van der Waals surface area contributed by atoms with Crippen LogP contribution in [0, 0.1) is 0 Å². The van der Waals surface area contributed by atoms with Gasteiger partial charge in [0, 0.05) is 0 Å². The number of carbonyl (C=O) groups excluding carboxylic acids is 2. The molecular weight excluding hydrogens is 196 g/mol. The van der Waals surface area contributed by atoms with Gasteiger partial charge in [-0.2, -0.15) is 0 Å². The summed E-state index contributed by atoms with van der Waals surface area (Å²) in [5.74, 6) is -0.820. The molecule has 0 aliphatic carbocycles. The highest BCUT2D eigenvalue weighted by Crippen LogP contribution is 2.06. The van der Waals surface area contributed by atoms with Crippen molar-refractivity contribution >= 4 is 11.9 Å². The molecule has 0 radical (unpaired) electrons. The van der Waals surface area contributed by atoms with Crippen molar-refractivity contribution in [1.82, 2.24) is 0 Å². The molecule has 0 aromatic heterocycles. The Kier molecular flexibility index (Phi) is 3.85. The Morgan fingerprint density at radius 1 is 1.07 bits per heavy atom. The van der Waals surface area contributed by atoms with Crippen molar-refractivity contribution in [2.75, 3.05) is 13.7 Å². The number of hydrogen-bond donors (Lipinski definition) is 0. The van der Waals surface area contributed by atoms with Gasteiger partial charge in [-0.05, 0) is 31.2 Å². The molecule has 80 valence electrons. The third-order valence-electron chi connectivity index (χ3n) is 1.82. The van der Waals surface area contributed by atoms with Crippen LogP contribution in [0.3, 0.4) is 0 Å². The molecule has 1 aromatic carbocycles. The van der Waals surface area contributed by atoms with Crippen molar-refractivity contribution in [2.24, 2.45) is 0 Å². The lowest BCUT2D eigenvalue weighted by atomic mass is 10.1. The second-order valence-electron chi connectivity index (χ2n) is 2.79. The van der Waals surface area contributed by atoms with E-state index < -0.39 is 11.9 Å². The highest BCUT2D eigenvalue weighted by Gasteiger charge is 2.08. The molecule has 4 heteroatoms. The van der Waals surface area contributed by atoms with Crippen LogP contribution >= 0.6 is 0 Å². The fourth-order valence-corrected chi connectivity index (χ4v) is 1.07. The van der Waals surface area contributed by atoms with Gasteiger partial charge in [0.15, 0.2) is 0 Å². The molecule has 4 nitrogen and oxygen atoms in total. The second kappa shape index (κ2) is 5.14. The van der Waals surface area contributed by atoms with Crippen LogP contribution in [0.1, 0.15) is 27.6 Å². The first-order valence-electron chi connectivity index (χ1n) is 4.54. The smallest absolute Gasteiger partial charge is 0.338 e. The number of methoxy groups -OCH3 is 1. The zero-order chi connectivity index (χ0) is 11.3. The van der Waals surface area contributed by atoms with Gasteiger partial charge in [0.1, 0.15) is 0 Å². The molecule has 0 amide bonds. The Balaban J connectivity index is 2.80. The Hall–Kier alpha value is -1.84. The lowest BCUT2D eigenvalue weighted by molar-refractivity contribution is 0.0523. The van der Waals surface area contributed by atoms with Crippen LogP contribution in [0.15, 0.2) is 24.3 Å². The molecule has 0 aliphatic rings. The third kappa shape index (κ3) is 2.80. The van der Waals surface area contributed by atoms with E-state index in [9.17, 15) is 9.59 Å². The molecule has 1 aromatic rings. The SMILES string of the molecule is CCOC(=O)c1ccc(C(=O)OC)cc1. The number of carbonyl (C=O) groups is 2. The summed E-state index contributed by atoms with van der Waals surface area (Å²) in [5.41, 5.74) is 0.829. The van der Waals surface area contributed by atoms with Crippen molar-refractivity contribution in [3.63, 3.8) is 0 Å². The molecule has 0 saturated carbocycles. The van der Waals surface area contributed by atoms with Gasteiger partial charge < -0.3 is 9.47 Å². The minimum Gasteiger partial charge on any atom is -0.465 e. The molecule has 1 rings (SSSR count). The number of rotatable bonds is 3. The first kappa shape index (κ1) is 11.2. The van der Waals surface area contributed by atoms with E-state index in [1.165, 1.54) is 31.4 Å². The summed E-state index contributed by atoms with van der Waals surface area (Å²) in [6.07, 6.45) is 0. The Morgan fingerprint density at radius 3 is 1.93 bits per heavy atom. The molecule has 0 heterocycles. The average molecular weight is 208 g/mol. The fraction of sp³-hybridized carbons (Fsp3) is 0.273. The lowest BCUT2D eigenvalue weighted by Crippen LogP contribution is -2.06. The van der Waals surface area contributed by atoms with Crippen molar-refractivity contribution in [3.8, 4) is 0 Å². The quantitative estimate of drug-likeness (QED) is 0.709. The zero-order valence-corrected chi connectivity index (χ0v) is 8.65. The van der Waals surface area contributed by atoms with Crippen molar-refractivity contribution in [1.29, 1.82) is 0 Å². The van der Waals surface area contributed by atoms with E-state index in [4.69, 9.17) is 4.74 Å². The maximum absolute atomic E-state index is 11.3. The van der Waals surface area contributed by atoms with Crippen LogP contribution in [-0.4, -0.2) is 25.7 Å². The van der Waals surface area contributed by atoms with Gasteiger partial charge in [0.2, 0.25) is 0 Å². The van der Waals surface area contributed by atoms with Crippen molar-refractivity contribution in [3.05, 3.63) is 35.4 Å². The maximum atomic E-state index is 11.3. The van der Waals surface area contributed by atoms with E-state index in [1.807, 2.05) is 0 Å². The van der Waals surface area contributed by atoms with Gasteiger partial charge in [-0.25, -0.2) is 9.59 Å². The van der Waals surface area contributed by atoms with E-state index in [1.54, 1.807) is 6.92 Å². The van der Waals surface area contributed by atoms with Crippen molar-refractivity contribution in [2.45, 2.75) is 6.92 Å². The van der Waals surface area contributed by atoms with Gasteiger partial charge >= 0.3 is 11.9 Å². The van der Waals surface area contributed by atoms with Gasteiger partial charge in [0.05, 0.1) is 24.8 Å².